The van der Waals surface area contributed by atoms with Crippen LogP contribution >= 0.6 is 0 Å². The summed E-state index contributed by atoms with van der Waals surface area (Å²) in [6.07, 6.45) is -2.96. The van der Waals surface area contributed by atoms with Crippen LogP contribution in [0.25, 0.3) is 0 Å². The molecule has 0 aliphatic carbocycles. The van der Waals surface area contributed by atoms with E-state index in [0.717, 1.165) is 24.3 Å². The van der Waals surface area contributed by atoms with Crippen molar-refractivity contribution in [3.8, 4) is 0 Å². The number of anilines is 1. The molecule has 0 bridgehead atoms. The maximum atomic E-state index is 12.4. The monoisotopic (exact) mass is 282 g/mol. The Morgan fingerprint density at radius 3 is 2.20 bits per heavy atom. The van der Waals surface area contributed by atoms with E-state index in [-0.39, 0.29) is 11.4 Å². The number of ketones is 1. The van der Waals surface area contributed by atoms with Crippen LogP contribution in [-0.2, 0) is 11.0 Å². The Bertz CT molecular complexity index is 616. The molecule has 1 aromatic heterocycles. The molecule has 20 heavy (non-hydrogen) atoms. The summed E-state index contributed by atoms with van der Waals surface area (Å²) in [5, 5.41) is 2.23. The van der Waals surface area contributed by atoms with Gasteiger partial charge in [-0.2, -0.15) is 13.2 Å². The number of hydrogen-bond acceptors (Lipinski definition) is 2. The van der Waals surface area contributed by atoms with Crippen molar-refractivity contribution in [1.82, 2.24) is 4.98 Å². The fraction of sp³-hybridized carbons (Fsp3) is 0.0769. The van der Waals surface area contributed by atoms with Crippen LogP contribution in [0.15, 0.2) is 42.6 Å². The molecule has 0 aliphatic heterocycles. The van der Waals surface area contributed by atoms with Gasteiger partial charge in [-0.3, -0.25) is 9.59 Å². The highest BCUT2D eigenvalue weighted by atomic mass is 19.4. The minimum absolute atomic E-state index is 0.106. The Hall–Kier alpha value is -2.57. The molecule has 2 rings (SSSR count). The van der Waals surface area contributed by atoms with E-state index < -0.39 is 23.4 Å². The average Bonchev–Trinajstić information content (AvgIpc) is 2.91. The van der Waals surface area contributed by atoms with Gasteiger partial charge in [0, 0.05) is 11.9 Å². The van der Waals surface area contributed by atoms with Crippen LogP contribution in [0.1, 0.15) is 16.1 Å². The number of aromatic nitrogens is 1. The van der Waals surface area contributed by atoms with Gasteiger partial charge >= 0.3 is 6.18 Å². The fourth-order valence-electron chi connectivity index (χ4n) is 1.52. The van der Waals surface area contributed by atoms with E-state index in [4.69, 9.17) is 0 Å². The molecule has 7 heteroatoms. The Morgan fingerprint density at radius 1 is 1.05 bits per heavy atom. The number of Topliss-reactive ketones (excluding diaryl/α,β-unsaturated/α-hetero) is 1. The van der Waals surface area contributed by atoms with Crippen molar-refractivity contribution in [2.75, 3.05) is 5.32 Å². The van der Waals surface area contributed by atoms with E-state index in [0.29, 0.717) is 0 Å². The minimum atomic E-state index is -4.44. The first-order valence-corrected chi connectivity index (χ1v) is 5.54. The first kappa shape index (κ1) is 13.9. The summed E-state index contributed by atoms with van der Waals surface area (Å²) >= 11 is 0. The first-order chi connectivity index (χ1) is 9.38. The Kier molecular flexibility index (Phi) is 3.60. The minimum Gasteiger partial charge on any atom is -0.358 e. The van der Waals surface area contributed by atoms with E-state index in [1.54, 1.807) is 6.07 Å². The highest BCUT2D eigenvalue weighted by molar-refractivity contribution is 6.46. The van der Waals surface area contributed by atoms with Gasteiger partial charge in [-0.15, -0.1) is 0 Å². The van der Waals surface area contributed by atoms with Crippen LogP contribution in [0.4, 0.5) is 18.9 Å². The highest BCUT2D eigenvalue weighted by Gasteiger charge is 2.30. The molecule has 104 valence electrons. The van der Waals surface area contributed by atoms with Crippen LogP contribution in [0.3, 0.4) is 0 Å². The fourth-order valence-corrected chi connectivity index (χ4v) is 1.52. The number of benzene rings is 1. The summed E-state index contributed by atoms with van der Waals surface area (Å²) in [5.41, 5.74) is -0.608. The molecule has 4 nitrogen and oxygen atoms in total. The second-order valence-electron chi connectivity index (χ2n) is 3.94. The highest BCUT2D eigenvalue weighted by Crippen LogP contribution is 2.29. The topological polar surface area (TPSA) is 62.0 Å². The Morgan fingerprint density at radius 2 is 1.70 bits per heavy atom. The van der Waals surface area contributed by atoms with E-state index >= 15 is 0 Å². The summed E-state index contributed by atoms with van der Waals surface area (Å²) in [7, 11) is 0. The summed E-state index contributed by atoms with van der Waals surface area (Å²) in [6, 6.07) is 6.81. The largest absolute Gasteiger partial charge is 0.416 e. The van der Waals surface area contributed by atoms with Crippen LogP contribution in [0.5, 0.6) is 0 Å². The molecule has 0 fully saturated rings. The maximum absolute atomic E-state index is 12.4. The van der Waals surface area contributed by atoms with Crippen molar-refractivity contribution in [2.45, 2.75) is 6.18 Å². The number of nitrogens with one attached hydrogen (secondary N) is 2. The summed E-state index contributed by atoms with van der Waals surface area (Å²) in [6.45, 7) is 0. The lowest BCUT2D eigenvalue weighted by atomic mass is 10.2. The molecule has 0 radical (unpaired) electrons. The molecule has 1 aromatic carbocycles. The van der Waals surface area contributed by atoms with Crippen molar-refractivity contribution >= 4 is 17.4 Å². The molecule has 1 heterocycles. The molecule has 0 spiro atoms. The smallest absolute Gasteiger partial charge is 0.358 e. The molecule has 0 atom stereocenters. The molecule has 1 amide bonds. The standard InChI is InChI=1S/C13H9F3N2O2/c14-13(15,16)8-3-5-9(6-4-8)18-12(20)11(19)10-2-1-7-17-10/h1-7,17H,(H,18,20). The van der Waals surface area contributed by atoms with Gasteiger partial charge in [-0.05, 0) is 36.4 Å². The van der Waals surface area contributed by atoms with Crippen LogP contribution < -0.4 is 5.32 Å². The predicted octanol–water partition coefficient (Wildman–Crippen LogP) is 2.85. The van der Waals surface area contributed by atoms with Gasteiger partial charge in [0.25, 0.3) is 11.7 Å². The third-order valence-electron chi connectivity index (χ3n) is 2.52. The molecule has 2 aromatic rings. The number of H-pyrrole nitrogens is 1. The number of carbonyl (C=O) groups is 2. The molecule has 0 saturated carbocycles. The van der Waals surface area contributed by atoms with Gasteiger partial charge in [0.2, 0.25) is 0 Å². The molecule has 0 aliphatic rings. The quantitative estimate of drug-likeness (QED) is 0.671. The van der Waals surface area contributed by atoms with Gasteiger partial charge in [0.1, 0.15) is 0 Å². The zero-order valence-electron chi connectivity index (χ0n) is 9.99. The van der Waals surface area contributed by atoms with E-state index in [1.807, 2.05) is 0 Å². The van der Waals surface area contributed by atoms with E-state index in [1.165, 1.54) is 12.3 Å². The van der Waals surface area contributed by atoms with Gasteiger partial charge in [0.15, 0.2) is 0 Å². The molecule has 0 saturated heterocycles. The third kappa shape index (κ3) is 3.05. The van der Waals surface area contributed by atoms with E-state index in [2.05, 4.69) is 10.3 Å². The maximum Gasteiger partial charge on any atom is 0.416 e. The Balaban J connectivity index is 2.07. The number of rotatable bonds is 3. The molecular weight excluding hydrogens is 273 g/mol. The van der Waals surface area contributed by atoms with Crippen LogP contribution in [0.2, 0.25) is 0 Å². The molecular formula is C13H9F3N2O2. The van der Waals surface area contributed by atoms with Gasteiger partial charge < -0.3 is 10.3 Å². The van der Waals surface area contributed by atoms with Crippen molar-refractivity contribution in [3.63, 3.8) is 0 Å². The summed E-state index contributed by atoms with van der Waals surface area (Å²) in [4.78, 5) is 25.8. The lowest BCUT2D eigenvalue weighted by Gasteiger charge is -2.08. The number of carbonyl (C=O) groups excluding carboxylic acids is 2. The SMILES string of the molecule is O=C(Nc1ccc(C(F)(F)F)cc1)C(=O)c1ccc[nH]1. The summed E-state index contributed by atoms with van der Waals surface area (Å²) in [5.74, 6) is -1.72. The predicted molar refractivity (Wildman–Crippen MR) is 65.2 cm³/mol. The zero-order valence-corrected chi connectivity index (χ0v) is 9.99. The van der Waals surface area contributed by atoms with E-state index in [9.17, 15) is 22.8 Å². The lowest BCUT2D eigenvalue weighted by Crippen LogP contribution is -2.23. The van der Waals surface area contributed by atoms with Gasteiger partial charge in [-0.25, -0.2) is 0 Å². The third-order valence-corrected chi connectivity index (χ3v) is 2.52. The van der Waals surface area contributed by atoms with Crippen molar-refractivity contribution < 1.29 is 22.8 Å². The zero-order chi connectivity index (χ0) is 14.8. The molecule has 0 unspecified atom stereocenters. The first-order valence-electron chi connectivity index (χ1n) is 5.54. The number of halogens is 3. The second kappa shape index (κ2) is 5.20. The number of aromatic amines is 1. The number of hydrogen-bond donors (Lipinski definition) is 2. The van der Waals surface area contributed by atoms with Crippen LogP contribution in [0, 0.1) is 0 Å². The second-order valence-corrected chi connectivity index (χ2v) is 3.94. The lowest BCUT2D eigenvalue weighted by molar-refractivity contribution is -0.137. The van der Waals surface area contributed by atoms with Gasteiger partial charge in [-0.1, -0.05) is 0 Å². The number of alkyl halides is 3. The van der Waals surface area contributed by atoms with Gasteiger partial charge in [0.05, 0.1) is 11.3 Å². The Labute approximate surface area is 111 Å². The van der Waals surface area contributed by atoms with Crippen molar-refractivity contribution in [2.24, 2.45) is 0 Å². The average molecular weight is 282 g/mol. The van der Waals surface area contributed by atoms with Crippen molar-refractivity contribution in [3.05, 3.63) is 53.9 Å². The van der Waals surface area contributed by atoms with Crippen molar-refractivity contribution in [1.29, 1.82) is 0 Å². The number of amides is 1. The normalized spacial score (nSPS) is 11.2. The summed E-state index contributed by atoms with van der Waals surface area (Å²) < 4.78 is 37.1. The van der Waals surface area contributed by atoms with Crippen LogP contribution in [-0.4, -0.2) is 16.7 Å². The molecule has 2 N–H and O–H groups in total.